The first-order valence-electron chi connectivity index (χ1n) is 10.5. The number of thiocarbonyl (C=S) groups is 2. The number of halogens is 13. The number of rotatable bonds is 7. The lowest BCUT2D eigenvalue weighted by atomic mass is 9.95. The van der Waals surface area contributed by atoms with Gasteiger partial charge in [-0.3, -0.25) is 0 Å². The zero-order valence-electron chi connectivity index (χ0n) is 19.6. The van der Waals surface area contributed by atoms with E-state index in [0.717, 1.165) is 25.2 Å². The highest BCUT2D eigenvalue weighted by Gasteiger charge is 2.41. The Bertz CT molecular complexity index is 1280. The van der Waals surface area contributed by atoms with E-state index in [2.05, 4.69) is 5.32 Å². The molecule has 0 bridgehead atoms. The molecule has 0 spiro atoms. The van der Waals surface area contributed by atoms with E-state index in [1.807, 2.05) is 0 Å². The van der Waals surface area contributed by atoms with Gasteiger partial charge in [-0.15, -0.1) is 0 Å². The molecule has 2 aromatic carbocycles. The molecule has 220 valence electrons. The van der Waals surface area contributed by atoms with Gasteiger partial charge in [0.05, 0.1) is 32.2 Å². The number of nitrogens with one attached hydrogen (secondary N) is 1. The molecule has 0 fully saturated rings. The van der Waals surface area contributed by atoms with Crippen LogP contribution >= 0.6 is 59.2 Å². The van der Waals surface area contributed by atoms with Gasteiger partial charge in [-0.25, -0.2) is 4.39 Å². The summed E-state index contributed by atoms with van der Waals surface area (Å²) in [6.07, 6.45) is -14.8. The number of benzene rings is 2. The Morgan fingerprint density at radius 3 is 1.98 bits per heavy atom. The molecule has 2 aromatic rings. The second kappa shape index (κ2) is 13.0. The number of alkyl halides is 9. The standard InChI is InChI=1S/C23H15Cl3F10N2S2/c1-38(9-21(28,29)30)18(39)8-37-20(40)12-3-2-10(4-14(12)23(34,35)36)17(27)7-13(22(31,32)33)11-5-15(24)19(26)16(25)6-11/h2-7,13H,8-9H2,1H3,(H,37,40)/b17-7-. The zero-order chi connectivity index (χ0) is 30.8. The predicted octanol–water partition coefficient (Wildman–Crippen LogP) is 9.41. The molecule has 0 aliphatic heterocycles. The van der Waals surface area contributed by atoms with Crippen LogP contribution in [0, 0.1) is 0 Å². The van der Waals surface area contributed by atoms with Gasteiger partial charge in [0.2, 0.25) is 0 Å². The lowest BCUT2D eigenvalue weighted by Crippen LogP contribution is -2.41. The first-order valence-corrected chi connectivity index (χ1v) is 12.5. The van der Waals surface area contributed by atoms with Crippen molar-refractivity contribution < 1.29 is 43.9 Å². The molecule has 0 amide bonds. The average Bonchev–Trinajstić information content (AvgIpc) is 2.80. The summed E-state index contributed by atoms with van der Waals surface area (Å²) in [6, 6.07) is 3.31. The third-order valence-electron chi connectivity index (χ3n) is 5.12. The van der Waals surface area contributed by atoms with E-state index in [-0.39, 0.29) is 32.2 Å². The topological polar surface area (TPSA) is 15.3 Å². The quantitative estimate of drug-likeness (QED) is 0.178. The molecule has 0 aromatic heterocycles. The average molecular weight is 680 g/mol. The second-order valence-electron chi connectivity index (χ2n) is 8.14. The van der Waals surface area contributed by atoms with Crippen molar-refractivity contribution >= 4 is 75.0 Å². The van der Waals surface area contributed by atoms with Crippen LogP contribution in [-0.2, 0) is 6.18 Å². The largest absolute Gasteiger partial charge is 0.417 e. The number of hydrogen-bond acceptors (Lipinski definition) is 2. The Balaban J connectivity index is 2.42. The number of hydrogen-bond donors (Lipinski definition) is 1. The van der Waals surface area contributed by atoms with E-state index in [0.29, 0.717) is 11.0 Å². The van der Waals surface area contributed by atoms with Crippen molar-refractivity contribution in [2.75, 3.05) is 20.1 Å². The minimum atomic E-state index is -5.15. The molecule has 0 saturated carbocycles. The van der Waals surface area contributed by atoms with E-state index < -0.39 is 70.6 Å². The molecule has 1 N–H and O–H groups in total. The van der Waals surface area contributed by atoms with Crippen LogP contribution in [0.3, 0.4) is 0 Å². The van der Waals surface area contributed by atoms with E-state index in [1.165, 1.54) is 0 Å². The Hall–Kier alpha value is -1.87. The van der Waals surface area contributed by atoms with Gasteiger partial charge in [-0.2, -0.15) is 39.5 Å². The van der Waals surface area contributed by atoms with E-state index >= 15 is 0 Å². The van der Waals surface area contributed by atoms with E-state index in [9.17, 15) is 43.9 Å². The summed E-state index contributed by atoms with van der Waals surface area (Å²) in [5.74, 6) is -4.32. The number of likely N-dealkylation sites (N-methyl/N-ethyl adjacent to an activating group) is 1. The van der Waals surface area contributed by atoms with Crippen molar-refractivity contribution in [2.24, 2.45) is 0 Å². The fraction of sp³-hybridized carbons (Fsp3) is 0.304. The first kappa shape index (κ1) is 34.3. The van der Waals surface area contributed by atoms with Crippen molar-refractivity contribution in [3.63, 3.8) is 0 Å². The Morgan fingerprint density at radius 2 is 1.50 bits per heavy atom. The smallest absolute Gasteiger partial charge is 0.369 e. The van der Waals surface area contributed by atoms with Gasteiger partial charge >= 0.3 is 18.5 Å². The summed E-state index contributed by atoms with van der Waals surface area (Å²) in [5.41, 5.74) is -3.70. The summed E-state index contributed by atoms with van der Waals surface area (Å²) < 4.78 is 135. The predicted molar refractivity (Wildman–Crippen MR) is 142 cm³/mol. The maximum Gasteiger partial charge on any atom is 0.417 e. The van der Waals surface area contributed by atoms with Gasteiger partial charge in [-0.05, 0) is 29.8 Å². The summed E-state index contributed by atoms with van der Waals surface area (Å²) in [5, 5.41) is 1.33. The van der Waals surface area contributed by atoms with Crippen LogP contribution in [0.1, 0.15) is 28.2 Å². The third-order valence-corrected chi connectivity index (χ3v) is 7.14. The van der Waals surface area contributed by atoms with Crippen LogP contribution in [0.2, 0.25) is 15.1 Å². The lowest BCUT2D eigenvalue weighted by Gasteiger charge is -2.22. The van der Waals surface area contributed by atoms with Crippen molar-refractivity contribution in [3.05, 3.63) is 73.7 Å². The van der Waals surface area contributed by atoms with Gasteiger partial charge in [-0.1, -0.05) is 71.4 Å². The van der Waals surface area contributed by atoms with Crippen molar-refractivity contribution in [1.82, 2.24) is 10.2 Å². The van der Waals surface area contributed by atoms with Crippen LogP contribution in [0.5, 0.6) is 0 Å². The highest BCUT2D eigenvalue weighted by molar-refractivity contribution is 7.81. The van der Waals surface area contributed by atoms with E-state index in [4.69, 9.17) is 59.2 Å². The molecule has 2 rings (SSSR count). The lowest BCUT2D eigenvalue weighted by molar-refractivity contribution is -0.140. The van der Waals surface area contributed by atoms with Gasteiger partial charge in [0.15, 0.2) is 0 Å². The van der Waals surface area contributed by atoms with Crippen LogP contribution in [0.25, 0.3) is 5.83 Å². The molecule has 1 atom stereocenters. The fourth-order valence-corrected chi connectivity index (χ4v) is 4.25. The zero-order valence-corrected chi connectivity index (χ0v) is 23.5. The molecule has 2 nitrogen and oxygen atoms in total. The summed E-state index contributed by atoms with van der Waals surface area (Å²) in [6.45, 7) is -1.95. The van der Waals surface area contributed by atoms with Crippen LogP contribution in [-0.4, -0.2) is 47.4 Å². The van der Waals surface area contributed by atoms with Crippen molar-refractivity contribution in [2.45, 2.75) is 24.4 Å². The number of nitrogens with zero attached hydrogens (tertiary/aromatic N) is 1. The van der Waals surface area contributed by atoms with Crippen LogP contribution in [0.15, 0.2) is 36.4 Å². The molecule has 0 aliphatic carbocycles. The third kappa shape index (κ3) is 9.33. The Kier molecular flexibility index (Phi) is 11.1. The Morgan fingerprint density at radius 1 is 0.950 bits per heavy atom. The molecule has 40 heavy (non-hydrogen) atoms. The molecular weight excluding hydrogens is 665 g/mol. The summed E-state index contributed by atoms with van der Waals surface area (Å²) >= 11 is 27.0. The highest BCUT2D eigenvalue weighted by atomic mass is 35.5. The normalized spacial score (nSPS) is 13.7. The fourth-order valence-electron chi connectivity index (χ4n) is 3.25. The molecule has 0 aliphatic rings. The minimum absolute atomic E-state index is 0.0521. The van der Waals surface area contributed by atoms with Gasteiger partial charge in [0, 0.05) is 18.2 Å². The molecule has 0 heterocycles. The maximum absolute atomic E-state index is 15.0. The molecule has 0 radical (unpaired) electrons. The summed E-state index contributed by atoms with van der Waals surface area (Å²) in [7, 11) is 1.02. The van der Waals surface area contributed by atoms with Gasteiger partial charge in [0.25, 0.3) is 0 Å². The SMILES string of the molecule is CN(CC(F)(F)F)C(=S)CNC(=S)c1ccc(/C(F)=C/C(c2cc(Cl)c(Cl)c(Cl)c2)C(F)(F)F)cc1C(F)(F)F. The first-order chi connectivity index (χ1) is 18.1. The van der Waals surface area contributed by atoms with Crippen molar-refractivity contribution in [1.29, 1.82) is 0 Å². The molecule has 17 heteroatoms. The van der Waals surface area contributed by atoms with Gasteiger partial charge in [0.1, 0.15) is 23.3 Å². The molecule has 0 saturated heterocycles. The number of allylic oxidation sites excluding steroid dienone is 1. The minimum Gasteiger partial charge on any atom is -0.369 e. The van der Waals surface area contributed by atoms with Crippen LogP contribution < -0.4 is 5.32 Å². The Labute approximate surface area is 246 Å². The van der Waals surface area contributed by atoms with Crippen molar-refractivity contribution in [3.8, 4) is 0 Å². The highest BCUT2D eigenvalue weighted by Crippen LogP contribution is 2.42. The molecular formula is C23H15Cl3F10N2S2. The summed E-state index contributed by atoms with van der Waals surface area (Å²) in [4.78, 5) is -0.277. The molecule has 1 unspecified atom stereocenters. The van der Waals surface area contributed by atoms with E-state index in [1.54, 1.807) is 0 Å². The maximum atomic E-state index is 15.0. The monoisotopic (exact) mass is 678 g/mol. The van der Waals surface area contributed by atoms with Gasteiger partial charge < -0.3 is 10.2 Å². The van der Waals surface area contributed by atoms with Crippen LogP contribution in [0.4, 0.5) is 43.9 Å². The second-order valence-corrected chi connectivity index (χ2v) is 10.2.